The molecular formula is C20H17N3O3S. The molecule has 1 aromatic heterocycles. The van der Waals surface area contributed by atoms with Crippen molar-refractivity contribution < 1.29 is 14.3 Å². The predicted octanol–water partition coefficient (Wildman–Crippen LogP) is 3.91. The van der Waals surface area contributed by atoms with Crippen molar-refractivity contribution in [2.45, 2.75) is 11.9 Å². The van der Waals surface area contributed by atoms with Crippen molar-refractivity contribution in [2.75, 3.05) is 17.9 Å². The minimum atomic E-state index is -0.0766. The normalized spacial score (nSPS) is 12.0. The minimum absolute atomic E-state index is 0.0766. The summed E-state index contributed by atoms with van der Waals surface area (Å²) >= 11 is 1.35. The fraction of sp³-hybridized carbons (Fsp3) is 0.150. The molecule has 1 amide bonds. The molecule has 2 aromatic carbocycles. The van der Waals surface area contributed by atoms with Gasteiger partial charge in [0.15, 0.2) is 11.5 Å². The van der Waals surface area contributed by atoms with Crippen molar-refractivity contribution in [2.24, 2.45) is 0 Å². The first-order chi connectivity index (χ1) is 13.2. The average molecular weight is 379 g/mol. The highest BCUT2D eigenvalue weighted by Crippen LogP contribution is 2.35. The molecule has 3 aromatic rings. The summed E-state index contributed by atoms with van der Waals surface area (Å²) in [5.74, 6) is 1.64. The van der Waals surface area contributed by atoms with Gasteiger partial charge in [-0.2, -0.15) is 0 Å². The summed E-state index contributed by atoms with van der Waals surface area (Å²) in [6.07, 6.45) is 0. The molecule has 0 unspecified atom stereocenters. The second-order valence-corrected chi connectivity index (χ2v) is 7.03. The Morgan fingerprint density at radius 1 is 1.07 bits per heavy atom. The van der Waals surface area contributed by atoms with E-state index in [-0.39, 0.29) is 18.5 Å². The molecule has 0 radical (unpaired) electrons. The number of carbonyl (C=O) groups is 1. The molecule has 7 heteroatoms. The number of nitrogens with one attached hydrogen (secondary N) is 1. The molecule has 1 N–H and O–H groups in total. The van der Waals surface area contributed by atoms with Crippen LogP contribution in [0.3, 0.4) is 0 Å². The van der Waals surface area contributed by atoms with Crippen molar-refractivity contribution >= 4 is 23.4 Å². The molecule has 4 rings (SSSR count). The number of amides is 1. The standard InChI is InChI=1S/C20H17N3O3S/c1-13-3-2-4-15(9-13)21-19(24)11-27-20-8-6-16(22-23-20)14-5-7-17-18(10-14)26-12-25-17/h2-10H,11-12H2,1H3,(H,21,24). The number of ether oxygens (including phenoxy) is 2. The van der Waals surface area contributed by atoms with Gasteiger partial charge in [0.2, 0.25) is 12.7 Å². The molecule has 2 heterocycles. The van der Waals surface area contributed by atoms with Crippen LogP contribution in [0.25, 0.3) is 11.3 Å². The Morgan fingerprint density at radius 3 is 2.78 bits per heavy atom. The smallest absolute Gasteiger partial charge is 0.234 e. The van der Waals surface area contributed by atoms with Gasteiger partial charge in [-0.05, 0) is 55.0 Å². The summed E-state index contributed by atoms with van der Waals surface area (Å²) < 4.78 is 10.7. The molecule has 0 spiro atoms. The quantitative estimate of drug-likeness (QED) is 0.678. The largest absolute Gasteiger partial charge is 0.454 e. The number of hydrogen-bond acceptors (Lipinski definition) is 6. The highest BCUT2D eigenvalue weighted by Gasteiger charge is 2.14. The van der Waals surface area contributed by atoms with Crippen molar-refractivity contribution in [1.29, 1.82) is 0 Å². The van der Waals surface area contributed by atoms with Gasteiger partial charge in [0.1, 0.15) is 5.03 Å². The van der Waals surface area contributed by atoms with Gasteiger partial charge in [0.25, 0.3) is 0 Å². The van der Waals surface area contributed by atoms with Crippen molar-refractivity contribution in [1.82, 2.24) is 10.2 Å². The summed E-state index contributed by atoms with van der Waals surface area (Å²) in [5.41, 5.74) is 3.54. The second-order valence-electron chi connectivity index (χ2n) is 6.03. The minimum Gasteiger partial charge on any atom is -0.454 e. The number of hydrogen-bond donors (Lipinski definition) is 1. The van der Waals surface area contributed by atoms with Crippen LogP contribution in [0.1, 0.15) is 5.56 Å². The molecule has 0 saturated carbocycles. The van der Waals surface area contributed by atoms with E-state index in [4.69, 9.17) is 9.47 Å². The first kappa shape index (κ1) is 17.4. The van der Waals surface area contributed by atoms with E-state index in [0.29, 0.717) is 10.8 Å². The Bertz CT molecular complexity index is 976. The lowest BCUT2D eigenvalue weighted by atomic mass is 10.1. The van der Waals surface area contributed by atoms with Gasteiger partial charge in [0.05, 0.1) is 11.4 Å². The molecular weight excluding hydrogens is 362 g/mol. The topological polar surface area (TPSA) is 73.3 Å². The van der Waals surface area contributed by atoms with Gasteiger partial charge in [0, 0.05) is 11.3 Å². The van der Waals surface area contributed by atoms with E-state index in [1.54, 1.807) is 0 Å². The third-order valence-electron chi connectivity index (χ3n) is 3.96. The number of thioether (sulfide) groups is 1. The number of aromatic nitrogens is 2. The summed E-state index contributed by atoms with van der Waals surface area (Å²) in [6, 6.07) is 17.1. The molecule has 27 heavy (non-hydrogen) atoms. The van der Waals surface area contributed by atoms with Crippen LogP contribution in [0.15, 0.2) is 59.6 Å². The van der Waals surface area contributed by atoms with E-state index in [9.17, 15) is 4.79 Å². The van der Waals surface area contributed by atoms with E-state index >= 15 is 0 Å². The lowest BCUT2D eigenvalue weighted by molar-refractivity contribution is -0.113. The first-order valence-electron chi connectivity index (χ1n) is 8.40. The molecule has 0 bridgehead atoms. The van der Waals surface area contributed by atoms with Crippen molar-refractivity contribution in [3.8, 4) is 22.8 Å². The molecule has 0 fully saturated rings. The molecule has 1 aliphatic rings. The second kappa shape index (κ2) is 7.67. The lowest BCUT2D eigenvalue weighted by Crippen LogP contribution is -2.14. The Kier molecular flexibility index (Phi) is 4.93. The highest BCUT2D eigenvalue weighted by molar-refractivity contribution is 7.99. The van der Waals surface area contributed by atoms with Gasteiger partial charge in [-0.3, -0.25) is 4.79 Å². The number of carbonyl (C=O) groups excluding carboxylic acids is 1. The van der Waals surface area contributed by atoms with Crippen LogP contribution in [-0.2, 0) is 4.79 Å². The van der Waals surface area contributed by atoms with Crippen LogP contribution >= 0.6 is 11.8 Å². The zero-order valence-corrected chi connectivity index (χ0v) is 15.5. The van der Waals surface area contributed by atoms with Crippen LogP contribution in [0.2, 0.25) is 0 Å². The molecule has 0 atom stereocenters. The van der Waals surface area contributed by atoms with E-state index in [0.717, 1.165) is 28.3 Å². The first-order valence-corrected chi connectivity index (χ1v) is 9.39. The molecule has 1 aliphatic heterocycles. The fourth-order valence-electron chi connectivity index (χ4n) is 2.67. The summed E-state index contributed by atoms with van der Waals surface area (Å²) in [7, 11) is 0. The number of rotatable bonds is 5. The number of aryl methyl sites for hydroxylation is 1. The summed E-state index contributed by atoms with van der Waals surface area (Å²) in [6.45, 7) is 2.23. The average Bonchev–Trinajstić information content (AvgIpc) is 3.15. The third kappa shape index (κ3) is 4.20. The van der Waals surface area contributed by atoms with E-state index in [1.165, 1.54) is 11.8 Å². The third-order valence-corrected chi connectivity index (χ3v) is 4.88. The van der Waals surface area contributed by atoms with Gasteiger partial charge >= 0.3 is 0 Å². The summed E-state index contributed by atoms with van der Waals surface area (Å²) in [4.78, 5) is 12.1. The number of nitrogens with zero attached hydrogens (tertiary/aromatic N) is 2. The maximum atomic E-state index is 12.1. The highest BCUT2D eigenvalue weighted by atomic mass is 32.2. The van der Waals surface area contributed by atoms with Gasteiger partial charge in [-0.15, -0.1) is 10.2 Å². The van der Waals surface area contributed by atoms with Crippen LogP contribution in [-0.4, -0.2) is 28.7 Å². The molecule has 6 nitrogen and oxygen atoms in total. The van der Waals surface area contributed by atoms with Gasteiger partial charge < -0.3 is 14.8 Å². The lowest BCUT2D eigenvalue weighted by Gasteiger charge is -2.06. The van der Waals surface area contributed by atoms with Crippen LogP contribution in [0.4, 0.5) is 5.69 Å². The van der Waals surface area contributed by atoms with Crippen LogP contribution in [0.5, 0.6) is 11.5 Å². The molecule has 0 saturated heterocycles. The van der Waals surface area contributed by atoms with E-state index in [2.05, 4.69) is 15.5 Å². The zero-order valence-electron chi connectivity index (χ0n) is 14.6. The van der Waals surface area contributed by atoms with Crippen molar-refractivity contribution in [3.05, 3.63) is 60.2 Å². The Balaban J connectivity index is 1.36. The maximum absolute atomic E-state index is 12.1. The fourth-order valence-corrected chi connectivity index (χ4v) is 3.28. The monoisotopic (exact) mass is 379 g/mol. The zero-order chi connectivity index (χ0) is 18.6. The number of fused-ring (bicyclic) bond motifs is 1. The SMILES string of the molecule is Cc1cccc(NC(=O)CSc2ccc(-c3ccc4c(c3)OCO4)nn2)c1. The number of benzene rings is 2. The van der Waals surface area contributed by atoms with Crippen molar-refractivity contribution in [3.63, 3.8) is 0 Å². The molecule has 136 valence electrons. The van der Waals surface area contributed by atoms with E-state index < -0.39 is 0 Å². The Morgan fingerprint density at radius 2 is 1.96 bits per heavy atom. The van der Waals surface area contributed by atoms with Gasteiger partial charge in [-0.25, -0.2) is 0 Å². The summed E-state index contributed by atoms with van der Waals surface area (Å²) in [5, 5.41) is 12.0. The number of anilines is 1. The van der Waals surface area contributed by atoms with E-state index in [1.807, 2.05) is 61.5 Å². The predicted molar refractivity (Wildman–Crippen MR) is 104 cm³/mol. The molecule has 0 aliphatic carbocycles. The van der Waals surface area contributed by atoms with Crippen LogP contribution in [0, 0.1) is 6.92 Å². The maximum Gasteiger partial charge on any atom is 0.234 e. The Hall–Kier alpha value is -3.06. The Labute approximate surface area is 160 Å². The van der Waals surface area contributed by atoms with Crippen LogP contribution < -0.4 is 14.8 Å². The van der Waals surface area contributed by atoms with Gasteiger partial charge in [-0.1, -0.05) is 23.9 Å².